The Bertz CT molecular complexity index is 839. The highest BCUT2D eigenvalue weighted by atomic mass is 35.5. The van der Waals surface area contributed by atoms with Crippen molar-refractivity contribution >= 4 is 40.0 Å². The number of halogens is 3. The van der Waals surface area contributed by atoms with Crippen LogP contribution in [0.25, 0.3) is 11.0 Å². The molecule has 0 unspecified atom stereocenters. The topological polar surface area (TPSA) is 30.2 Å². The van der Waals surface area contributed by atoms with Crippen molar-refractivity contribution in [3.05, 3.63) is 69.7 Å². The number of Topliss-reactive ketones (excluding diaryl/α,β-unsaturated/α-hetero) is 1. The summed E-state index contributed by atoms with van der Waals surface area (Å²) in [5.74, 6) is -0.762. The second kappa shape index (κ2) is 5.51. The van der Waals surface area contributed by atoms with Gasteiger partial charge in [-0.3, -0.25) is 4.79 Å². The summed E-state index contributed by atoms with van der Waals surface area (Å²) >= 11 is 11.7. The first-order valence-corrected chi connectivity index (χ1v) is 6.96. The molecule has 106 valence electrons. The van der Waals surface area contributed by atoms with Crippen LogP contribution in [-0.4, -0.2) is 5.78 Å². The van der Waals surface area contributed by atoms with Crippen molar-refractivity contribution in [3.8, 4) is 0 Å². The van der Waals surface area contributed by atoms with Crippen molar-refractivity contribution in [2.45, 2.75) is 6.42 Å². The lowest BCUT2D eigenvalue weighted by atomic mass is 10.1. The molecule has 2 nitrogen and oxygen atoms in total. The summed E-state index contributed by atoms with van der Waals surface area (Å²) < 4.78 is 19.3. The molecule has 0 aliphatic carbocycles. The number of hydrogen-bond acceptors (Lipinski definition) is 2. The second-order valence-electron chi connectivity index (χ2n) is 4.58. The zero-order chi connectivity index (χ0) is 15.0. The molecule has 0 spiro atoms. The van der Waals surface area contributed by atoms with Gasteiger partial charge in [0.25, 0.3) is 0 Å². The number of para-hydroxylation sites is 1. The van der Waals surface area contributed by atoms with E-state index < -0.39 is 5.82 Å². The Morgan fingerprint density at radius 1 is 1.10 bits per heavy atom. The highest BCUT2D eigenvalue weighted by Gasteiger charge is 2.17. The number of benzene rings is 2. The van der Waals surface area contributed by atoms with Crippen LogP contribution in [0, 0.1) is 5.82 Å². The SMILES string of the molecule is O=C(Cc1cccc(Cl)c1F)c1cc2cccc(Cl)c2o1. The van der Waals surface area contributed by atoms with Crippen molar-refractivity contribution in [1.29, 1.82) is 0 Å². The third-order valence-electron chi connectivity index (χ3n) is 3.15. The van der Waals surface area contributed by atoms with Crippen LogP contribution in [-0.2, 0) is 6.42 Å². The van der Waals surface area contributed by atoms with Crippen molar-refractivity contribution < 1.29 is 13.6 Å². The molecule has 0 N–H and O–H groups in total. The fourth-order valence-electron chi connectivity index (χ4n) is 2.11. The van der Waals surface area contributed by atoms with Gasteiger partial charge in [-0.2, -0.15) is 0 Å². The number of hydrogen-bond donors (Lipinski definition) is 0. The summed E-state index contributed by atoms with van der Waals surface area (Å²) in [5, 5.41) is 1.16. The summed E-state index contributed by atoms with van der Waals surface area (Å²) in [5.41, 5.74) is 0.688. The molecule has 0 saturated heterocycles. The van der Waals surface area contributed by atoms with E-state index in [2.05, 4.69) is 0 Å². The van der Waals surface area contributed by atoms with Gasteiger partial charge in [0.1, 0.15) is 5.82 Å². The van der Waals surface area contributed by atoms with E-state index in [4.69, 9.17) is 27.6 Å². The zero-order valence-corrected chi connectivity index (χ0v) is 12.2. The zero-order valence-electron chi connectivity index (χ0n) is 10.7. The van der Waals surface area contributed by atoms with Gasteiger partial charge in [0.05, 0.1) is 10.0 Å². The first kappa shape index (κ1) is 14.1. The van der Waals surface area contributed by atoms with E-state index in [9.17, 15) is 9.18 Å². The maximum Gasteiger partial charge on any atom is 0.202 e. The van der Waals surface area contributed by atoms with Gasteiger partial charge in [0.15, 0.2) is 11.3 Å². The third kappa shape index (κ3) is 2.67. The van der Waals surface area contributed by atoms with Crippen LogP contribution >= 0.6 is 23.2 Å². The average molecular weight is 323 g/mol. The minimum atomic E-state index is -0.582. The number of fused-ring (bicyclic) bond motifs is 1. The second-order valence-corrected chi connectivity index (χ2v) is 5.40. The molecule has 0 amide bonds. The molecule has 0 aliphatic heterocycles. The fourth-order valence-corrected chi connectivity index (χ4v) is 2.52. The minimum Gasteiger partial charge on any atom is -0.451 e. The van der Waals surface area contributed by atoms with Gasteiger partial charge in [0, 0.05) is 11.8 Å². The molecule has 0 bridgehead atoms. The molecule has 3 rings (SSSR count). The normalized spacial score (nSPS) is 11.0. The summed E-state index contributed by atoms with van der Waals surface area (Å²) in [6.45, 7) is 0. The molecule has 0 radical (unpaired) electrons. The molecule has 0 aliphatic rings. The summed E-state index contributed by atoms with van der Waals surface area (Å²) in [7, 11) is 0. The van der Waals surface area contributed by atoms with E-state index >= 15 is 0 Å². The van der Waals surface area contributed by atoms with Crippen LogP contribution in [0.2, 0.25) is 10.0 Å². The lowest BCUT2D eigenvalue weighted by Gasteiger charge is -2.02. The summed E-state index contributed by atoms with van der Waals surface area (Å²) in [6.07, 6.45) is -0.121. The van der Waals surface area contributed by atoms with Crippen LogP contribution in [0.5, 0.6) is 0 Å². The molecule has 1 aromatic heterocycles. The quantitative estimate of drug-likeness (QED) is 0.612. The molecule has 0 fully saturated rings. The van der Waals surface area contributed by atoms with Crippen LogP contribution in [0.15, 0.2) is 46.9 Å². The molecule has 21 heavy (non-hydrogen) atoms. The van der Waals surface area contributed by atoms with E-state index in [-0.39, 0.29) is 28.6 Å². The smallest absolute Gasteiger partial charge is 0.202 e. The van der Waals surface area contributed by atoms with Gasteiger partial charge in [0.2, 0.25) is 5.78 Å². The third-order valence-corrected chi connectivity index (χ3v) is 3.74. The fraction of sp³-hybridized carbons (Fsp3) is 0.0625. The highest BCUT2D eigenvalue weighted by molar-refractivity contribution is 6.35. The van der Waals surface area contributed by atoms with Gasteiger partial charge < -0.3 is 4.42 Å². The number of carbonyl (C=O) groups excluding carboxylic acids is 1. The van der Waals surface area contributed by atoms with Gasteiger partial charge in [-0.1, -0.05) is 47.5 Å². The lowest BCUT2D eigenvalue weighted by molar-refractivity contribution is 0.0967. The van der Waals surface area contributed by atoms with Crippen LogP contribution in [0.3, 0.4) is 0 Å². The molecule has 5 heteroatoms. The predicted molar refractivity (Wildman–Crippen MR) is 80.7 cm³/mol. The van der Waals surface area contributed by atoms with Crippen LogP contribution in [0.1, 0.15) is 16.1 Å². The molecule has 3 aromatic rings. The Balaban J connectivity index is 1.94. The van der Waals surface area contributed by atoms with Gasteiger partial charge in [-0.25, -0.2) is 4.39 Å². The van der Waals surface area contributed by atoms with Crippen molar-refractivity contribution in [1.82, 2.24) is 0 Å². The average Bonchev–Trinajstić information content (AvgIpc) is 2.89. The van der Waals surface area contributed by atoms with Gasteiger partial charge in [-0.05, 0) is 23.8 Å². The summed E-state index contributed by atoms with van der Waals surface area (Å²) in [6, 6.07) is 11.4. The van der Waals surface area contributed by atoms with Gasteiger partial charge >= 0.3 is 0 Å². The molecule has 0 saturated carbocycles. The van der Waals surface area contributed by atoms with Crippen molar-refractivity contribution in [2.24, 2.45) is 0 Å². The monoisotopic (exact) mass is 322 g/mol. The Hall–Kier alpha value is -1.84. The van der Waals surface area contributed by atoms with E-state index in [1.165, 1.54) is 12.1 Å². The molecular weight excluding hydrogens is 314 g/mol. The lowest BCUT2D eigenvalue weighted by Crippen LogP contribution is -2.04. The molecular formula is C16H9Cl2FO2. The number of rotatable bonds is 3. The molecule has 0 atom stereocenters. The number of carbonyl (C=O) groups is 1. The standard InChI is InChI=1S/C16H9Cl2FO2/c17-11-5-1-3-9(15(11)19)7-13(20)14-8-10-4-2-6-12(18)16(10)21-14/h1-6,8H,7H2. The highest BCUT2D eigenvalue weighted by Crippen LogP contribution is 2.27. The maximum atomic E-state index is 13.8. The first-order chi connectivity index (χ1) is 10.1. The Labute approximate surface area is 130 Å². The van der Waals surface area contributed by atoms with E-state index in [0.717, 1.165) is 5.39 Å². The number of ketones is 1. The Kier molecular flexibility index (Phi) is 3.70. The van der Waals surface area contributed by atoms with E-state index in [1.807, 2.05) is 0 Å². The number of furan rings is 1. The van der Waals surface area contributed by atoms with Crippen LogP contribution in [0.4, 0.5) is 4.39 Å². The largest absolute Gasteiger partial charge is 0.451 e. The minimum absolute atomic E-state index is 0.00653. The van der Waals surface area contributed by atoms with Crippen molar-refractivity contribution in [2.75, 3.05) is 0 Å². The van der Waals surface area contributed by atoms with E-state index in [0.29, 0.717) is 10.6 Å². The predicted octanol–water partition coefficient (Wildman–Crippen LogP) is 5.30. The van der Waals surface area contributed by atoms with Crippen LogP contribution < -0.4 is 0 Å². The Morgan fingerprint density at radius 2 is 1.81 bits per heavy atom. The summed E-state index contributed by atoms with van der Waals surface area (Å²) in [4.78, 5) is 12.2. The first-order valence-electron chi connectivity index (χ1n) is 6.20. The molecule has 1 heterocycles. The Morgan fingerprint density at radius 3 is 2.57 bits per heavy atom. The maximum absolute atomic E-state index is 13.8. The van der Waals surface area contributed by atoms with E-state index in [1.54, 1.807) is 30.3 Å². The van der Waals surface area contributed by atoms with Crippen molar-refractivity contribution in [3.63, 3.8) is 0 Å². The van der Waals surface area contributed by atoms with Gasteiger partial charge in [-0.15, -0.1) is 0 Å². The molecule has 2 aromatic carbocycles.